The van der Waals surface area contributed by atoms with Crippen molar-refractivity contribution in [1.82, 2.24) is 20.2 Å². The van der Waals surface area contributed by atoms with Gasteiger partial charge in [-0.05, 0) is 38.7 Å². The number of carbonyl (C=O) groups excluding carboxylic acids is 1. The van der Waals surface area contributed by atoms with Gasteiger partial charge in [0.25, 0.3) is 5.91 Å². The van der Waals surface area contributed by atoms with Crippen molar-refractivity contribution in [2.45, 2.75) is 51.6 Å². The predicted molar refractivity (Wildman–Crippen MR) is 81.1 cm³/mol. The molecule has 1 aliphatic carbocycles. The van der Waals surface area contributed by atoms with Crippen molar-refractivity contribution in [3.8, 4) is 0 Å². The lowest BCUT2D eigenvalue weighted by molar-refractivity contribution is 0.0919. The first-order valence-electron chi connectivity index (χ1n) is 7.92. The summed E-state index contributed by atoms with van der Waals surface area (Å²) in [4.78, 5) is 23.3. The van der Waals surface area contributed by atoms with Gasteiger partial charge in [-0.25, -0.2) is 9.97 Å². The number of rotatable bonds is 4. The van der Waals surface area contributed by atoms with Gasteiger partial charge in [-0.2, -0.15) is 0 Å². The van der Waals surface area contributed by atoms with Crippen LogP contribution in [0.2, 0.25) is 0 Å². The first-order chi connectivity index (χ1) is 10.0. The topological polar surface area (TPSA) is 58.1 Å². The molecule has 114 valence electrons. The normalized spacial score (nSPS) is 26.3. The molecule has 0 bridgehead atoms. The van der Waals surface area contributed by atoms with E-state index in [1.165, 1.54) is 12.8 Å². The fraction of sp³-hybridized carbons (Fsp3) is 0.688. The Bertz CT molecular complexity index is 527. The summed E-state index contributed by atoms with van der Waals surface area (Å²) in [6, 6.07) is 2.63. The molecule has 2 fully saturated rings. The molecule has 1 aromatic heterocycles. The number of hydrogen-bond donors (Lipinski definition) is 1. The standard InChI is InChI=1S/C16H24N4O/c1-10(2)20-8-11(3)14(9-20)19-16(21)15-17-7-6-13(18-15)12-4-5-12/h6-7,10-12,14H,4-5,8-9H2,1-3H3,(H,19,21)/t11-,14?/m0/s1. The van der Waals surface area contributed by atoms with Crippen LogP contribution in [0.15, 0.2) is 12.3 Å². The second-order valence-electron chi connectivity index (χ2n) is 6.68. The third-order valence-electron chi connectivity index (χ3n) is 4.56. The van der Waals surface area contributed by atoms with Crippen LogP contribution in [0.5, 0.6) is 0 Å². The van der Waals surface area contributed by atoms with Crippen molar-refractivity contribution in [2.24, 2.45) is 5.92 Å². The summed E-state index contributed by atoms with van der Waals surface area (Å²) in [5.41, 5.74) is 1.01. The second kappa shape index (κ2) is 5.72. The molecule has 0 radical (unpaired) electrons. The lowest BCUT2D eigenvalue weighted by Gasteiger charge is -2.20. The number of carbonyl (C=O) groups is 1. The first kappa shape index (κ1) is 14.4. The molecule has 2 aliphatic rings. The summed E-state index contributed by atoms with van der Waals surface area (Å²) < 4.78 is 0. The molecule has 21 heavy (non-hydrogen) atoms. The second-order valence-corrected chi connectivity index (χ2v) is 6.68. The minimum Gasteiger partial charge on any atom is -0.345 e. The highest BCUT2D eigenvalue weighted by atomic mass is 16.2. The zero-order valence-corrected chi connectivity index (χ0v) is 13.0. The van der Waals surface area contributed by atoms with E-state index in [2.05, 4.69) is 41.0 Å². The van der Waals surface area contributed by atoms with Crippen LogP contribution < -0.4 is 5.32 Å². The SMILES string of the molecule is CC(C)N1CC(NC(=O)c2nccc(C3CC3)n2)[C@@H](C)C1. The van der Waals surface area contributed by atoms with Crippen LogP contribution >= 0.6 is 0 Å². The number of amides is 1. The molecule has 2 atom stereocenters. The quantitative estimate of drug-likeness (QED) is 0.918. The van der Waals surface area contributed by atoms with E-state index < -0.39 is 0 Å². The smallest absolute Gasteiger partial charge is 0.289 e. The average Bonchev–Trinajstić information content (AvgIpc) is 3.24. The van der Waals surface area contributed by atoms with Gasteiger partial charge in [0, 0.05) is 43.0 Å². The minimum absolute atomic E-state index is 0.139. The van der Waals surface area contributed by atoms with Crippen LogP contribution in [-0.2, 0) is 0 Å². The molecule has 1 aromatic rings. The van der Waals surface area contributed by atoms with Gasteiger partial charge in [-0.15, -0.1) is 0 Å². The van der Waals surface area contributed by atoms with Gasteiger partial charge in [0.1, 0.15) is 0 Å². The number of nitrogens with one attached hydrogen (secondary N) is 1. The third-order valence-corrected chi connectivity index (χ3v) is 4.56. The molecule has 1 N–H and O–H groups in total. The van der Waals surface area contributed by atoms with E-state index in [0.717, 1.165) is 18.8 Å². The van der Waals surface area contributed by atoms with Crippen LogP contribution in [0.3, 0.4) is 0 Å². The summed E-state index contributed by atoms with van der Waals surface area (Å²) in [6.07, 6.45) is 4.07. The Balaban J connectivity index is 1.64. The highest BCUT2D eigenvalue weighted by Gasteiger charge is 2.32. The summed E-state index contributed by atoms with van der Waals surface area (Å²) in [7, 11) is 0. The van der Waals surface area contributed by atoms with Gasteiger partial charge >= 0.3 is 0 Å². The van der Waals surface area contributed by atoms with Crippen LogP contribution in [0.1, 0.15) is 55.8 Å². The molecule has 1 amide bonds. The molecule has 1 aliphatic heterocycles. The molecule has 2 heterocycles. The molecular formula is C16H24N4O. The fourth-order valence-electron chi connectivity index (χ4n) is 2.94. The maximum atomic E-state index is 12.4. The summed E-state index contributed by atoms with van der Waals surface area (Å²) in [5.74, 6) is 1.18. The van der Waals surface area contributed by atoms with E-state index >= 15 is 0 Å². The van der Waals surface area contributed by atoms with Gasteiger partial charge in [0.2, 0.25) is 5.82 Å². The van der Waals surface area contributed by atoms with Crippen molar-refractivity contribution in [2.75, 3.05) is 13.1 Å². The molecule has 3 rings (SSSR count). The van der Waals surface area contributed by atoms with Crippen molar-refractivity contribution < 1.29 is 4.79 Å². The maximum absolute atomic E-state index is 12.4. The largest absolute Gasteiger partial charge is 0.345 e. The lowest BCUT2D eigenvalue weighted by Crippen LogP contribution is -2.41. The first-order valence-corrected chi connectivity index (χ1v) is 7.92. The molecule has 1 saturated heterocycles. The van der Waals surface area contributed by atoms with Crippen LogP contribution in [0.4, 0.5) is 0 Å². The van der Waals surface area contributed by atoms with Gasteiger partial charge in [-0.3, -0.25) is 9.69 Å². The summed E-state index contributed by atoms with van der Waals surface area (Å²) >= 11 is 0. The number of aromatic nitrogens is 2. The Morgan fingerprint density at radius 3 is 2.76 bits per heavy atom. The van der Waals surface area contributed by atoms with E-state index in [0.29, 0.717) is 23.7 Å². The van der Waals surface area contributed by atoms with E-state index in [4.69, 9.17) is 0 Å². The van der Waals surface area contributed by atoms with Crippen molar-refractivity contribution in [3.63, 3.8) is 0 Å². The van der Waals surface area contributed by atoms with Crippen molar-refractivity contribution in [1.29, 1.82) is 0 Å². The lowest BCUT2D eigenvalue weighted by atomic mass is 10.1. The fourth-order valence-corrected chi connectivity index (χ4v) is 2.94. The highest BCUT2D eigenvalue weighted by Crippen LogP contribution is 2.38. The van der Waals surface area contributed by atoms with Gasteiger partial charge in [-0.1, -0.05) is 6.92 Å². The van der Waals surface area contributed by atoms with Crippen LogP contribution in [-0.4, -0.2) is 45.9 Å². The number of hydrogen-bond acceptors (Lipinski definition) is 4. The molecule has 5 heteroatoms. The summed E-state index contributed by atoms with van der Waals surface area (Å²) in [5, 5.41) is 3.11. The Morgan fingerprint density at radius 2 is 2.14 bits per heavy atom. The van der Waals surface area contributed by atoms with E-state index in [1.807, 2.05) is 6.07 Å². The van der Waals surface area contributed by atoms with Gasteiger partial charge < -0.3 is 5.32 Å². The Hall–Kier alpha value is -1.49. The van der Waals surface area contributed by atoms with E-state index in [1.54, 1.807) is 6.20 Å². The Kier molecular flexibility index (Phi) is 3.93. The number of likely N-dealkylation sites (tertiary alicyclic amines) is 1. The molecule has 1 saturated carbocycles. The van der Waals surface area contributed by atoms with Crippen molar-refractivity contribution in [3.05, 3.63) is 23.8 Å². The van der Waals surface area contributed by atoms with Crippen molar-refractivity contribution >= 4 is 5.91 Å². The average molecular weight is 288 g/mol. The predicted octanol–water partition coefficient (Wildman–Crippen LogP) is 1.81. The molecule has 1 unspecified atom stereocenters. The highest BCUT2D eigenvalue weighted by molar-refractivity contribution is 5.90. The molecule has 5 nitrogen and oxygen atoms in total. The van der Waals surface area contributed by atoms with Crippen LogP contribution in [0, 0.1) is 5.92 Å². The zero-order valence-electron chi connectivity index (χ0n) is 13.0. The third kappa shape index (κ3) is 3.23. The molecular weight excluding hydrogens is 264 g/mol. The number of nitrogens with zero attached hydrogens (tertiary/aromatic N) is 3. The Labute approximate surface area is 126 Å². The van der Waals surface area contributed by atoms with Crippen LogP contribution in [0.25, 0.3) is 0 Å². The van der Waals surface area contributed by atoms with Gasteiger partial charge in [0.05, 0.1) is 0 Å². The van der Waals surface area contributed by atoms with Gasteiger partial charge in [0.15, 0.2) is 0 Å². The Morgan fingerprint density at radius 1 is 1.38 bits per heavy atom. The van der Waals surface area contributed by atoms with E-state index in [9.17, 15) is 4.79 Å². The molecule has 0 aromatic carbocycles. The zero-order chi connectivity index (χ0) is 15.0. The summed E-state index contributed by atoms with van der Waals surface area (Å²) in [6.45, 7) is 8.52. The monoisotopic (exact) mass is 288 g/mol. The van der Waals surface area contributed by atoms with E-state index in [-0.39, 0.29) is 11.9 Å². The maximum Gasteiger partial charge on any atom is 0.289 e. The minimum atomic E-state index is -0.139. The molecule has 0 spiro atoms.